The van der Waals surface area contributed by atoms with Crippen LogP contribution in [0.5, 0.6) is 5.75 Å². The Labute approximate surface area is 161 Å². The van der Waals surface area contributed by atoms with Crippen molar-refractivity contribution in [2.75, 3.05) is 6.61 Å². The van der Waals surface area contributed by atoms with E-state index in [-0.39, 0.29) is 6.61 Å². The average molecular weight is 368 g/mol. The van der Waals surface area contributed by atoms with Crippen LogP contribution in [-0.2, 0) is 0 Å². The number of aromatic nitrogens is 1. The molecule has 0 aliphatic heterocycles. The molecular formula is C23H16N2O3. The highest BCUT2D eigenvalue weighted by Crippen LogP contribution is 2.34. The lowest BCUT2D eigenvalue weighted by molar-refractivity contribution is 0.112. The lowest BCUT2D eigenvalue weighted by Crippen LogP contribution is -1.97. The highest BCUT2D eigenvalue weighted by atomic mass is 16.5. The number of carbonyl (C=O) groups is 1. The first-order chi connectivity index (χ1) is 13.7. The van der Waals surface area contributed by atoms with Gasteiger partial charge in [0.2, 0.25) is 5.89 Å². The second-order valence-corrected chi connectivity index (χ2v) is 6.29. The summed E-state index contributed by atoms with van der Waals surface area (Å²) < 4.78 is 11.3. The van der Waals surface area contributed by atoms with Crippen molar-refractivity contribution >= 4 is 17.4 Å². The largest absolute Gasteiger partial charge is 0.478 e. The summed E-state index contributed by atoms with van der Waals surface area (Å²) in [4.78, 5) is 15.9. The number of hydrogen-bond donors (Lipinski definition) is 0. The van der Waals surface area contributed by atoms with Gasteiger partial charge in [-0.3, -0.25) is 4.79 Å². The maximum absolute atomic E-state index is 11.3. The summed E-state index contributed by atoms with van der Waals surface area (Å²) in [5.74, 6) is 0.779. The van der Waals surface area contributed by atoms with Crippen LogP contribution in [-0.4, -0.2) is 17.9 Å². The van der Waals surface area contributed by atoms with Gasteiger partial charge in [-0.25, -0.2) is 4.98 Å². The number of nitriles is 1. The molecule has 0 spiro atoms. The molecule has 0 saturated heterocycles. The zero-order chi connectivity index (χ0) is 19.5. The van der Waals surface area contributed by atoms with Gasteiger partial charge >= 0.3 is 0 Å². The van der Waals surface area contributed by atoms with Crippen LogP contribution in [0.15, 0.2) is 65.1 Å². The summed E-state index contributed by atoms with van der Waals surface area (Å²) in [5.41, 5.74) is 5.54. The summed E-state index contributed by atoms with van der Waals surface area (Å²) in [6, 6.07) is 21.2. The minimum atomic E-state index is -0.147. The average Bonchev–Trinajstić information content (AvgIpc) is 3.14. The molecule has 4 rings (SSSR count). The Morgan fingerprint density at radius 1 is 1.11 bits per heavy atom. The lowest BCUT2D eigenvalue weighted by Gasteiger charge is -2.09. The molecule has 0 N–H and O–H groups in total. The smallest absolute Gasteiger partial charge is 0.227 e. The first kappa shape index (κ1) is 17.5. The number of carbonyl (C=O) groups excluding carboxylic acids is 1. The first-order valence-electron chi connectivity index (χ1n) is 8.76. The maximum atomic E-state index is 11.3. The van der Waals surface area contributed by atoms with Crippen LogP contribution in [0.25, 0.3) is 33.7 Å². The van der Waals surface area contributed by atoms with E-state index in [1.807, 2.05) is 43.3 Å². The van der Waals surface area contributed by atoms with Gasteiger partial charge in [0.05, 0.1) is 5.56 Å². The molecule has 0 fully saturated rings. The zero-order valence-electron chi connectivity index (χ0n) is 15.2. The van der Waals surface area contributed by atoms with E-state index in [4.69, 9.17) is 14.4 Å². The number of ether oxygens (including phenoxy) is 1. The van der Waals surface area contributed by atoms with Gasteiger partial charge in [0.15, 0.2) is 18.5 Å². The van der Waals surface area contributed by atoms with E-state index in [1.54, 1.807) is 12.1 Å². The van der Waals surface area contributed by atoms with Crippen LogP contribution in [0.3, 0.4) is 0 Å². The summed E-state index contributed by atoms with van der Waals surface area (Å²) in [5, 5.41) is 8.71. The monoisotopic (exact) mass is 368 g/mol. The van der Waals surface area contributed by atoms with E-state index in [2.05, 4.69) is 23.2 Å². The highest BCUT2D eigenvalue weighted by Gasteiger charge is 2.16. The molecule has 0 amide bonds. The molecule has 0 saturated carbocycles. The van der Waals surface area contributed by atoms with Gasteiger partial charge in [-0.15, -0.1) is 0 Å². The van der Waals surface area contributed by atoms with E-state index in [0.717, 1.165) is 22.3 Å². The Morgan fingerprint density at radius 3 is 2.64 bits per heavy atom. The van der Waals surface area contributed by atoms with E-state index >= 15 is 0 Å². The third-order valence-electron chi connectivity index (χ3n) is 4.59. The summed E-state index contributed by atoms with van der Waals surface area (Å²) in [6.07, 6.45) is 0.682. The van der Waals surface area contributed by atoms with Crippen LogP contribution in [0.2, 0.25) is 0 Å². The fourth-order valence-electron chi connectivity index (χ4n) is 3.21. The summed E-state index contributed by atoms with van der Waals surface area (Å²) in [6.45, 7) is 1.89. The van der Waals surface area contributed by atoms with Gasteiger partial charge < -0.3 is 9.15 Å². The molecule has 28 heavy (non-hydrogen) atoms. The standard InChI is InChI=1S/C23H16N2O3/c1-15-18(16-6-3-2-4-7-16)8-5-9-19(15)23-25-20-12-17(14-26)21(27-11-10-24)13-22(20)28-23/h2-9,12-14H,11H2,1H3. The van der Waals surface area contributed by atoms with Gasteiger partial charge in [-0.2, -0.15) is 5.26 Å². The zero-order valence-corrected chi connectivity index (χ0v) is 15.2. The number of fused-ring (bicyclic) bond motifs is 1. The maximum Gasteiger partial charge on any atom is 0.227 e. The third kappa shape index (κ3) is 3.12. The lowest BCUT2D eigenvalue weighted by atomic mass is 9.96. The van der Waals surface area contributed by atoms with Gasteiger partial charge in [-0.05, 0) is 35.7 Å². The number of hydrogen-bond acceptors (Lipinski definition) is 5. The molecule has 4 aromatic rings. The molecule has 5 nitrogen and oxygen atoms in total. The predicted octanol–water partition coefficient (Wildman–Crippen LogP) is 5.19. The molecule has 136 valence electrons. The molecule has 0 radical (unpaired) electrons. The van der Waals surface area contributed by atoms with Crippen molar-refractivity contribution < 1.29 is 13.9 Å². The van der Waals surface area contributed by atoms with Crippen molar-refractivity contribution in [3.8, 4) is 34.4 Å². The Kier molecular flexibility index (Phi) is 4.61. The SMILES string of the molecule is Cc1c(-c2ccccc2)cccc1-c1nc2cc(C=O)c(OCC#N)cc2o1. The Balaban J connectivity index is 1.82. The first-order valence-corrected chi connectivity index (χ1v) is 8.76. The van der Waals surface area contributed by atoms with Crippen LogP contribution in [0.4, 0.5) is 0 Å². The molecule has 0 aliphatic carbocycles. The molecule has 3 aromatic carbocycles. The Hall–Kier alpha value is -3.91. The van der Waals surface area contributed by atoms with Crippen LogP contribution in [0.1, 0.15) is 15.9 Å². The van der Waals surface area contributed by atoms with Crippen molar-refractivity contribution in [1.29, 1.82) is 5.26 Å². The van der Waals surface area contributed by atoms with E-state index in [0.29, 0.717) is 34.6 Å². The second kappa shape index (κ2) is 7.37. The predicted molar refractivity (Wildman–Crippen MR) is 106 cm³/mol. The topological polar surface area (TPSA) is 76.1 Å². The van der Waals surface area contributed by atoms with E-state index in [1.165, 1.54) is 0 Å². The Bertz CT molecular complexity index is 1200. The van der Waals surface area contributed by atoms with Crippen LogP contribution in [0, 0.1) is 18.3 Å². The van der Waals surface area contributed by atoms with E-state index in [9.17, 15) is 4.79 Å². The molecule has 5 heteroatoms. The van der Waals surface area contributed by atoms with Crippen LogP contribution >= 0.6 is 0 Å². The molecular weight excluding hydrogens is 352 g/mol. The van der Waals surface area contributed by atoms with Gasteiger partial charge in [0, 0.05) is 11.6 Å². The highest BCUT2D eigenvalue weighted by molar-refractivity contribution is 5.89. The fraction of sp³-hybridized carbons (Fsp3) is 0.0870. The fourth-order valence-corrected chi connectivity index (χ4v) is 3.21. The molecule has 0 atom stereocenters. The molecule has 0 unspecified atom stereocenters. The minimum absolute atomic E-state index is 0.147. The second-order valence-electron chi connectivity index (χ2n) is 6.29. The summed E-state index contributed by atoms with van der Waals surface area (Å²) in [7, 11) is 0. The molecule has 1 aromatic heterocycles. The Morgan fingerprint density at radius 2 is 1.89 bits per heavy atom. The number of oxazole rings is 1. The number of aldehydes is 1. The van der Waals surface area contributed by atoms with Gasteiger partial charge in [-0.1, -0.05) is 42.5 Å². The van der Waals surface area contributed by atoms with E-state index < -0.39 is 0 Å². The number of benzene rings is 3. The molecule has 1 heterocycles. The van der Waals surface area contributed by atoms with Crippen molar-refractivity contribution in [3.63, 3.8) is 0 Å². The quantitative estimate of drug-likeness (QED) is 0.453. The van der Waals surface area contributed by atoms with Crippen molar-refractivity contribution in [3.05, 3.63) is 71.8 Å². The van der Waals surface area contributed by atoms with Crippen molar-refractivity contribution in [1.82, 2.24) is 4.98 Å². The normalized spacial score (nSPS) is 10.6. The number of nitrogens with zero attached hydrogens (tertiary/aromatic N) is 2. The third-order valence-corrected chi connectivity index (χ3v) is 4.59. The van der Waals surface area contributed by atoms with Gasteiger partial charge in [0.1, 0.15) is 17.3 Å². The van der Waals surface area contributed by atoms with Crippen molar-refractivity contribution in [2.45, 2.75) is 6.92 Å². The summed E-state index contributed by atoms with van der Waals surface area (Å²) >= 11 is 0. The molecule has 0 bridgehead atoms. The van der Waals surface area contributed by atoms with Crippen LogP contribution < -0.4 is 4.74 Å². The number of rotatable bonds is 5. The van der Waals surface area contributed by atoms with Gasteiger partial charge in [0.25, 0.3) is 0 Å². The molecule has 0 aliphatic rings. The minimum Gasteiger partial charge on any atom is -0.478 e. The van der Waals surface area contributed by atoms with Crippen molar-refractivity contribution in [2.24, 2.45) is 0 Å².